The zero-order valence-electron chi connectivity index (χ0n) is 13.9. The Morgan fingerprint density at radius 3 is 2.46 bits per heavy atom. The molecule has 2 aromatic carbocycles. The minimum atomic E-state index is -4.78. The van der Waals surface area contributed by atoms with Gasteiger partial charge in [0.15, 0.2) is 5.82 Å². The second-order valence-electron chi connectivity index (χ2n) is 5.46. The number of ether oxygens (including phenoxy) is 1. The molecule has 10 heteroatoms. The molecule has 0 saturated carbocycles. The summed E-state index contributed by atoms with van der Waals surface area (Å²) in [5, 5.41) is 12.8. The molecule has 1 N–H and O–H groups in total. The van der Waals surface area contributed by atoms with Crippen molar-refractivity contribution in [2.24, 2.45) is 0 Å². The van der Waals surface area contributed by atoms with Gasteiger partial charge < -0.3 is 9.84 Å². The molecule has 3 aromatic rings. The summed E-state index contributed by atoms with van der Waals surface area (Å²) in [5.74, 6) is -2.04. The number of hydrogen-bond acceptors (Lipinski definition) is 4. The summed E-state index contributed by atoms with van der Waals surface area (Å²) in [5.41, 5.74) is 0.862. The van der Waals surface area contributed by atoms with Crippen LogP contribution in [0.3, 0.4) is 0 Å². The number of carboxylic acids is 1. The van der Waals surface area contributed by atoms with E-state index in [1.807, 2.05) is 0 Å². The van der Waals surface area contributed by atoms with Crippen molar-refractivity contribution in [2.75, 3.05) is 0 Å². The number of aromatic nitrogens is 3. The Hall–Kier alpha value is -3.69. The van der Waals surface area contributed by atoms with Gasteiger partial charge in [-0.3, -0.25) is 0 Å². The highest BCUT2D eigenvalue weighted by Crippen LogP contribution is 2.24. The SMILES string of the molecule is O=C(O)C=Cc1ccc(-c2ncn(-c3ccc(OC(F)(F)F)cc3)n2)cc1F. The van der Waals surface area contributed by atoms with Crippen LogP contribution < -0.4 is 4.74 Å². The van der Waals surface area contributed by atoms with Gasteiger partial charge in [0, 0.05) is 17.2 Å². The molecule has 0 fully saturated rings. The number of aliphatic carboxylic acids is 1. The third-order valence-corrected chi connectivity index (χ3v) is 3.49. The first-order valence-electron chi connectivity index (χ1n) is 7.70. The molecule has 0 aliphatic carbocycles. The van der Waals surface area contributed by atoms with Crippen molar-refractivity contribution in [2.45, 2.75) is 6.36 Å². The molecule has 144 valence electrons. The van der Waals surface area contributed by atoms with E-state index in [9.17, 15) is 22.4 Å². The van der Waals surface area contributed by atoms with Crippen LogP contribution in [-0.4, -0.2) is 32.2 Å². The van der Waals surface area contributed by atoms with Crippen molar-refractivity contribution in [1.82, 2.24) is 14.8 Å². The maximum Gasteiger partial charge on any atom is 0.573 e. The first-order valence-corrected chi connectivity index (χ1v) is 7.70. The van der Waals surface area contributed by atoms with Crippen LogP contribution in [0.5, 0.6) is 5.75 Å². The topological polar surface area (TPSA) is 77.2 Å². The van der Waals surface area contributed by atoms with Crippen molar-refractivity contribution in [1.29, 1.82) is 0 Å². The van der Waals surface area contributed by atoms with Gasteiger partial charge in [-0.05, 0) is 36.4 Å². The molecule has 0 saturated heterocycles. The number of carboxylic acid groups (broad SMARTS) is 1. The van der Waals surface area contributed by atoms with Gasteiger partial charge in [0.25, 0.3) is 0 Å². The van der Waals surface area contributed by atoms with Gasteiger partial charge in [0.05, 0.1) is 5.69 Å². The van der Waals surface area contributed by atoms with Gasteiger partial charge in [-0.25, -0.2) is 18.9 Å². The second kappa shape index (κ2) is 7.51. The monoisotopic (exact) mass is 393 g/mol. The molecular formula is C18H11F4N3O3. The summed E-state index contributed by atoms with van der Waals surface area (Å²) in [7, 11) is 0. The standard InChI is InChI=1S/C18H11F4N3O3/c19-15-9-12(2-1-11(15)3-8-16(26)27)17-23-10-25(24-17)13-4-6-14(7-5-13)28-18(20,21)22/h1-10H,(H,26,27). The van der Waals surface area contributed by atoms with E-state index in [4.69, 9.17) is 5.11 Å². The summed E-state index contributed by atoms with van der Waals surface area (Å²) >= 11 is 0. The van der Waals surface area contributed by atoms with Gasteiger partial charge in [-0.2, -0.15) is 0 Å². The number of rotatable bonds is 5. The highest BCUT2D eigenvalue weighted by atomic mass is 19.4. The van der Waals surface area contributed by atoms with Crippen molar-refractivity contribution < 1.29 is 32.2 Å². The Labute approximate surface area is 155 Å². The van der Waals surface area contributed by atoms with E-state index < -0.39 is 18.1 Å². The predicted molar refractivity (Wildman–Crippen MR) is 90.1 cm³/mol. The zero-order valence-corrected chi connectivity index (χ0v) is 13.9. The van der Waals surface area contributed by atoms with Crippen LogP contribution in [0, 0.1) is 5.82 Å². The second-order valence-corrected chi connectivity index (χ2v) is 5.46. The van der Waals surface area contributed by atoms with E-state index in [-0.39, 0.29) is 17.1 Å². The lowest BCUT2D eigenvalue weighted by molar-refractivity contribution is -0.274. The summed E-state index contributed by atoms with van der Waals surface area (Å²) in [6.45, 7) is 0. The molecule has 0 spiro atoms. The van der Waals surface area contributed by atoms with Gasteiger partial charge in [0.1, 0.15) is 17.9 Å². The average Bonchev–Trinajstić information content (AvgIpc) is 3.10. The first-order chi connectivity index (χ1) is 13.2. The molecule has 0 aliphatic rings. The highest BCUT2D eigenvalue weighted by molar-refractivity contribution is 5.85. The van der Waals surface area contributed by atoms with Gasteiger partial charge in [-0.15, -0.1) is 18.3 Å². The number of carbonyl (C=O) groups is 1. The molecule has 0 aliphatic heterocycles. The van der Waals surface area contributed by atoms with Gasteiger partial charge >= 0.3 is 12.3 Å². The van der Waals surface area contributed by atoms with Crippen LogP contribution in [0.25, 0.3) is 23.2 Å². The molecule has 0 unspecified atom stereocenters. The van der Waals surface area contributed by atoms with E-state index in [0.29, 0.717) is 11.3 Å². The third-order valence-electron chi connectivity index (χ3n) is 3.49. The third kappa shape index (κ3) is 4.72. The Morgan fingerprint density at radius 1 is 1.14 bits per heavy atom. The molecular weight excluding hydrogens is 382 g/mol. The van der Waals surface area contributed by atoms with Crippen LogP contribution >= 0.6 is 0 Å². The number of benzene rings is 2. The lowest BCUT2D eigenvalue weighted by atomic mass is 10.1. The maximum absolute atomic E-state index is 14.1. The molecule has 1 heterocycles. The minimum absolute atomic E-state index is 0.0887. The normalized spacial score (nSPS) is 11.7. The molecule has 0 atom stereocenters. The number of nitrogens with zero attached hydrogens (tertiary/aromatic N) is 3. The van der Waals surface area contributed by atoms with E-state index in [1.54, 1.807) is 0 Å². The Morgan fingerprint density at radius 2 is 1.86 bits per heavy atom. The van der Waals surface area contributed by atoms with Crippen molar-refractivity contribution in [3.8, 4) is 22.8 Å². The molecule has 28 heavy (non-hydrogen) atoms. The number of hydrogen-bond donors (Lipinski definition) is 1. The fourth-order valence-corrected chi connectivity index (χ4v) is 2.28. The Balaban J connectivity index is 1.80. The van der Waals surface area contributed by atoms with Crippen molar-refractivity contribution >= 4 is 12.0 Å². The molecule has 0 radical (unpaired) electrons. The smallest absolute Gasteiger partial charge is 0.478 e. The number of alkyl halides is 3. The predicted octanol–water partition coefficient (Wildman–Crippen LogP) is 4.07. The largest absolute Gasteiger partial charge is 0.573 e. The summed E-state index contributed by atoms with van der Waals surface area (Å²) < 4.78 is 55.8. The highest BCUT2D eigenvalue weighted by Gasteiger charge is 2.31. The lowest BCUT2D eigenvalue weighted by Crippen LogP contribution is -2.17. The molecule has 0 bridgehead atoms. The van der Waals surface area contributed by atoms with Crippen LogP contribution in [0.15, 0.2) is 54.9 Å². The average molecular weight is 393 g/mol. The fourth-order valence-electron chi connectivity index (χ4n) is 2.28. The summed E-state index contributed by atoms with van der Waals surface area (Å²) in [4.78, 5) is 14.6. The first kappa shape index (κ1) is 19.1. The Kier molecular flexibility index (Phi) is 5.12. The quantitative estimate of drug-likeness (QED) is 0.522. The van der Waals surface area contributed by atoms with Crippen LogP contribution in [-0.2, 0) is 4.79 Å². The zero-order chi connectivity index (χ0) is 20.3. The fraction of sp³-hybridized carbons (Fsp3) is 0.0556. The number of halogens is 4. The van der Waals surface area contributed by atoms with Crippen molar-refractivity contribution in [3.63, 3.8) is 0 Å². The van der Waals surface area contributed by atoms with Gasteiger partial charge in [0.2, 0.25) is 0 Å². The van der Waals surface area contributed by atoms with Crippen molar-refractivity contribution in [3.05, 3.63) is 66.2 Å². The van der Waals surface area contributed by atoms with E-state index in [1.165, 1.54) is 35.3 Å². The van der Waals surface area contributed by atoms with Crippen LogP contribution in [0.1, 0.15) is 5.56 Å². The van der Waals surface area contributed by atoms with Crippen LogP contribution in [0.4, 0.5) is 17.6 Å². The Bertz CT molecular complexity index is 1030. The minimum Gasteiger partial charge on any atom is -0.478 e. The lowest BCUT2D eigenvalue weighted by Gasteiger charge is -2.09. The van der Waals surface area contributed by atoms with E-state index >= 15 is 0 Å². The summed E-state index contributed by atoms with van der Waals surface area (Å²) in [6.07, 6.45) is -1.52. The maximum atomic E-state index is 14.1. The summed E-state index contributed by atoms with van der Waals surface area (Å²) in [6, 6.07) is 9.04. The van der Waals surface area contributed by atoms with E-state index in [2.05, 4.69) is 14.8 Å². The molecule has 3 rings (SSSR count). The molecule has 6 nitrogen and oxygen atoms in total. The van der Waals surface area contributed by atoms with E-state index in [0.717, 1.165) is 30.4 Å². The van der Waals surface area contributed by atoms with Crippen LogP contribution in [0.2, 0.25) is 0 Å². The molecule has 1 aromatic heterocycles. The van der Waals surface area contributed by atoms with Gasteiger partial charge in [-0.1, -0.05) is 12.1 Å². The molecule has 0 amide bonds.